The minimum atomic E-state index is -0.496. The van der Waals surface area contributed by atoms with Crippen LogP contribution in [0.1, 0.15) is 29.9 Å². The van der Waals surface area contributed by atoms with Gasteiger partial charge in [0.05, 0.1) is 23.8 Å². The van der Waals surface area contributed by atoms with E-state index >= 15 is 0 Å². The average Bonchev–Trinajstić information content (AvgIpc) is 3.52. The maximum atomic E-state index is 13.9. The van der Waals surface area contributed by atoms with Crippen molar-refractivity contribution < 1.29 is 18.7 Å². The third-order valence-corrected chi connectivity index (χ3v) is 7.30. The molecular weight excluding hydrogens is 497 g/mol. The third kappa shape index (κ3) is 4.24. The second-order valence-corrected chi connectivity index (χ2v) is 10.5. The fraction of sp³-hybridized carbons (Fsp3) is 0.233. The van der Waals surface area contributed by atoms with Crippen LogP contribution in [0.15, 0.2) is 66.9 Å². The Balaban J connectivity index is 1.57. The summed E-state index contributed by atoms with van der Waals surface area (Å²) in [4.78, 5) is 24.3. The Bertz CT molecular complexity index is 1720. The van der Waals surface area contributed by atoms with Gasteiger partial charge in [-0.05, 0) is 54.1 Å². The standard InChI is InChI=1S/C30H28FN5O3/c1-30(2,16-39-3)27-26(17-4-6-18(7-5-17)28(37)34-24-15-32-29(24)38)22-13-23-19(14-33-35-23)12-25(22)36(27)21-10-8-20(31)9-11-21/h4-14,24H,15-16H2,1-3H3,(H,32,38)(H,33,35)(H,34,37)/t24-/m0/s1. The summed E-state index contributed by atoms with van der Waals surface area (Å²) in [6.07, 6.45) is 1.78. The van der Waals surface area contributed by atoms with Crippen molar-refractivity contribution in [2.24, 2.45) is 0 Å². The fourth-order valence-electron chi connectivity index (χ4n) is 5.38. The molecule has 1 aliphatic heterocycles. The van der Waals surface area contributed by atoms with Gasteiger partial charge in [0, 0.05) is 52.4 Å². The number of amides is 2. The summed E-state index contributed by atoms with van der Waals surface area (Å²) in [5, 5.41) is 14.6. The number of methoxy groups -OCH3 is 1. The first-order valence-corrected chi connectivity index (χ1v) is 12.7. The van der Waals surface area contributed by atoms with E-state index < -0.39 is 11.5 Å². The highest BCUT2D eigenvalue weighted by atomic mass is 19.1. The molecule has 1 aliphatic rings. The predicted octanol–water partition coefficient (Wildman–Crippen LogP) is 4.47. The summed E-state index contributed by atoms with van der Waals surface area (Å²) in [5.74, 6) is -0.781. The summed E-state index contributed by atoms with van der Waals surface area (Å²) in [5.41, 5.74) is 5.58. The van der Waals surface area contributed by atoms with Crippen LogP contribution >= 0.6 is 0 Å². The first-order valence-electron chi connectivity index (χ1n) is 12.7. The number of fused-ring (bicyclic) bond motifs is 2. The molecule has 0 aliphatic carbocycles. The second kappa shape index (κ2) is 9.36. The number of ether oxygens (including phenoxy) is 1. The van der Waals surface area contributed by atoms with Crippen LogP contribution in [0.3, 0.4) is 0 Å². The van der Waals surface area contributed by atoms with Gasteiger partial charge in [-0.2, -0.15) is 5.10 Å². The van der Waals surface area contributed by atoms with Gasteiger partial charge >= 0.3 is 0 Å². The molecule has 5 aromatic rings. The van der Waals surface area contributed by atoms with Crippen molar-refractivity contribution in [3.8, 4) is 16.8 Å². The number of carbonyl (C=O) groups excluding carboxylic acids is 2. The van der Waals surface area contributed by atoms with E-state index in [1.165, 1.54) is 12.1 Å². The van der Waals surface area contributed by atoms with Crippen LogP contribution in [0, 0.1) is 5.82 Å². The molecule has 0 unspecified atom stereocenters. The van der Waals surface area contributed by atoms with Crippen LogP contribution in [0.2, 0.25) is 0 Å². The van der Waals surface area contributed by atoms with Crippen LogP contribution < -0.4 is 10.6 Å². The Hall–Kier alpha value is -4.50. The molecule has 9 heteroatoms. The molecule has 3 aromatic carbocycles. The summed E-state index contributed by atoms with van der Waals surface area (Å²) in [6, 6.07) is 17.5. The molecule has 6 rings (SSSR count). The Morgan fingerprint density at radius 2 is 1.90 bits per heavy atom. The van der Waals surface area contributed by atoms with Crippen molar-refractivity contribution in [1.29, 1.82) is 0 Å². The quantitative estimate of drug-likeness (QED) is 0.273. The first kappa shape index (κ1) is 24.8. The minimum absolute atomic E-state index is 0.177. The molecule has 1 atom stereocenters. The lowest BCUT2D eigenvalue weighted by molar-refractivity contribution is -0.128. The molecular formula is C30H28FN5O3. The van der Waals surface area contributed by atoms with Gasteiger partial charge in [-0.3, -0.25) is 14.7 Å². The maximum absolute atomic E-state index is 13.9. The van der Waals surface area contributed by atoms with E-state index in [9.17, 15) is 14.0 Å². The largest absolute Gasteiger partial charge is 0.384 e. The van der Waals surface area contributed by atoms with E-state index in [2.05, 4.69) is 51.4 Å². The number of hydrogen-bond acceptors (Lipinski definition) is 4. The number of nitrogens with one attached hydrogen (secondary N) is 3. The number of aromatic amines is 1. The van der Waals surface area contributed by atoms with Crippen LogP contribution in [-0.2, 0) is 14.9 Å². The van der Waals surface area contributed by atoms with E-state index in [4.69, 9.17) is 4.74 Å². The summed E-state index contributed by atoms with van der Waals surface area (Å²) in [7, 11) is 1.68. The molecule has 0 spiro atoms. The topological polar surface area (TPSA) is 101 Å². The molecule has 1 saturated heterocycles. The Morgan fingerprint density at radius 1 is 1.15 bits per heavy atom. The zero-order valence-electron chi connectivity index (χ0n) is 21.8. The minimum Gasteiger partial charge on any atom is -0.384 e. The molecule has 3 N–H and O–H groups in total. The highest BCUT2D eigenvalue weighted by molar-refractivity contribution is 6.06. The number of rotatable bonds is 7. The molecule has 198 valence electrons. The van der Waals surface area contributed by atoms with Crippen molar-refractivity contribution in [2.45, 2.75) is 25.3 Å². The lowest BCUT2D eigenvalue weighted by atomic mass is 9.84. The molecule has 2 aromatic heterocycles. The highest BCUT2D eigenvalue weighted by Crippen LogP contribution is 2.44. The second-order valence-electron chi connectivity index (χ2n) is 10.5. The van der Waals surface area contributed by atoms with Gasteiger partial charge in [0.15, 0.2) is 0 Å². The number of carbonyl (C=O) groups is 2. The molecule has 0 radical (unpaired) electrons. The summed E-state index contributed by atoms with van der Waals surface area (Å²) in [6.45, 7) is 5.12. The van der Waals surface area contributed by atoms with Gasteiger partial charge in [0.1, 0.15) is 11.9 Å². The normalized spacial score (nSPS) is 15.4. The van der Waals surface area contributed by atoms with Gasteiger partial charge in [-0.15, -0.1) is 0 Å². The lowest BCUT2D eigenvalue weighted by Gasteiger charge is -2.28. The molecule has 2 amide bonds. The van der Waals surface area contributed by atoms with E-state index in [1.54, 1.807) is 37.6 Å². The number of benzene rings is 3. The van der Waals surface area contributed by atoms with Crippen molar-refractivity contribution in [1.82, 2.24) is 25.4 Å². The van der Waals surface area contributed by atoms with Gasteiger partial charge in [-0.25, -0.2) is 4.39 Å². The van der Waals surface area contributed by atoms with Crippen LogP contribution in [0.25, 0.3) is 38.6 Å². The van der Waals surface area contributed by atoms with E-state index in [-0.39, 0.29) is 17.6 Å². The molecule has 39 heavy (non-hydrogen) atoms. The number of β-lactam (4-membered cyclic amide) rings is 1. The van der Waals surface area contributed by atoms with Crippen LogP contribution in [0.4, 0.5) is 4.39 Å². The summed E-state index contributed by atoms with van der Waals surface area (Å²) >= 11 is 0. The van der Waals surface area contributed by atoms with Gasteiger partial charge in [0.2, 0.25) is 5.91 Å². The smallest absolute Gasteiger partial charge is 0.251 e. The van der Waals surface area contributed by atoms with Crippen molar-refractivity contribution in [2.75, 3.05) is 20.3 Å². The molecule has 8 nitrogen and oxygen atoms in total. The zero-order valence-corrected chi connectivity index (χ0v) is 21.8. The van der Waals surface area contributed by atoms with Crippen LogP contribution in [0.5, 0.6) is 0 Å². The van der Waals surface area contributed by atoms with Gasteiger partial charge in [-0.1, -0.05) is 26.0 Å². The Kier molecular flexibility index (Phi) is 5.95. The molecule has 1 fully saturated rings. The summed E-state index contributed by atoms with van der Waals surface area (Å²) < 4.78 is 21.8. The third-order valence-electron chi connectivity index (χ3n) is 7.30. The van der Waals surface area contributed by atoms with Crippen LogP contribution in [-0.4, -0.2) is 52.9 Å². The van der Waals surface area contributed by atoms with E-state index in [1.807, 2.05) is 12.1 Å². The zero-order chi connectivity index (χ0) is 27.3. The molecule has 3 heterocycles. The van der Waals surface area contributed by atoms with Crippen molar-refractivity contribution in [3.63, 3.8) is 0 Å². The van der Waals surface area contributed by atoms with Gasteiger partial charge < -0.3 is 19.9 Å². The first-order chi connectivity index (χ1) is 18.8. The number of nitrogens with zero attached hydrogens (tertiary/aromatic N) is 2. The predicted molar refractivity (Wildman–Crippen MR) is 147 cm³/mol. The monoisotopic (exact) mass is 525 g/mol. The maximum Gasteiger partial charge on any atom is 0.251 e. The van der Waals surface area contributed by atoms with E-state index in [0.29, 0.717) is 18.7 Å². The average molecular weight is 526 g/mol. The van der Waals surface area contributed by atoms with Crippen molar-refractivity contribution >= 4 is 33.6 Å². The Morgan fingerprint density at radius 3 is 2.54 bits per heavy atom. The fourth-order valence-corrected chi connectivity index (χ4v) is 5.38. The Labute approximate surface area is 224 Å². The number of H-pyrrole nitrogens is 1. The van der Waals surface area contributed by atoms with Gasteiger partial charge in [0.25, 0.3) is 5.91 Å². The molecule has 0 saturated carbocycles. The number of aromatic nitrogens is 3. The lowest BCUT2D eigenvalue weighted by Crippen LogP contribution is -2.61. The highest BCUT2D eigenvalue weighted by Gasteiger charge is 2.33. The number of halogens is 1. The van der Waals surface area contributed by atoms with Crippen molar-refractivity contribution in [3.05, 3.63) is 83.9 Å². The SMILES string of the molecule is COCC(C)(C)c1c(-c2ccc(C(=O)N[C@H]3CNC3=O)cc2)c2cc3[nH]ncc3cc2n1-c1ccc(F)cc1. The van der Waals surface area contributed by atoms with E-state index in [0.717, 1.165) is 44.3 Å². The molecule has 0 bridgehead atoms. The number of hydrogen-bond donors (Lipinski definition) is 3.